The fraction of sp³-hybridized carbons (Fsp3) is 0. The van der Waals surface area contributed by atoms with Crippen molar-refractivity contribution in [1.82, 2.24) is 4.98 Å². The Labute approximate surface area is 114 Å². The zero-order valence-electron chi connectivity index (χ0n) is 9.47. The standard InChI is InChI=1S/C11H9ClFN3O2S/c12-9-5-7(1-3-10(9)13)16-19(17,18)8-2-4-11(14)15-6-8/h1-6,16H,(H2,14,15). The SMILES string of the molecule is Nc1ccc(S(=O)(=O)Nc2ccc(F)c(Cl)c2)cn1. The quantitative estimate of drug-likeness (QED) is 0.910. The zero-order valence-corrected chi connectivity index (χ0v) is 11.0. The van der Waals surface area contributed by atoms with Crippen LogP contribution < -0.4 is 10.5 Å². The van der Waals surface area contributed by atoms with E-state index in [1.54, 1.807) is 0 Å². The molecule has 1 heterocycles. The van der Waals surface area contributed by atoms with E-state index in [0.29, 0.717) is 0 Å². The molecule has 0 bridgehead atoms. The Kier molecular flexibility index (Phi) is 3.59. The highest BCUT2D eigenvalue weighted by Crippen LogP contribution is 2.22. The van der Waals surface area contributed by atoms with E-state index in [9.17, 15) is 12.8 Å². The first-order valence-corrected chi connectivity index (χ1v) is 6.94. The molecule has 0 unspecified atom stereocenters. The van der Waals surface area contributed by atoms with Crippen molar-refractivity contribution >= 4 is 33.1 Å². The second kappa shape index (κ2) is 5.02. The molecule has 0 atom stereocenters. The largest absolute Gasteiger partial charge is 0.384 e. The van der Waals surface area contributed by atoms with Gasteiger partial charge in [-0.05, 0) is 30.3 Å². The van der Waals surface area contributed by atoms with Crippen molar-refractivity contribution in [2.24, 2.45) is 0 Å². The number of benzene rings is 1. The van der Waals surface area contributed by atoms with E-state index in [-0.39, 0.29) is 21.4 Å². The van der Waals surface area contributed by atoms with Crippen LogP contribution in [0.3, 0.4) is 0 Å². The number of nitrogens with one attached hydrogen (secondary N) is 1. The van der Waals surface area contributed by atoms with Crippen molar-refractivity contribution in [3.63, 3.8) is 0 Å². The third-order valence-corrected chi connectivity index (χ3v) is 3.90. The maximum Gasteiger partial charge on any atom is 0.263 e. The van der Waals surface area contributed by atoms with Gasteiger partial charge in [-0.2, -0.15) is 0 Å². The number of aromatic nitrogens is 1. The summed E-state index contributed by atoms with van der Waals surface area (Å²) in [5, 5.41) is -0.171. The number of rotatable bonds is 3. The highest BCUT2D eigenvalue weighted by atomic mass is 35.5. The maximum atomic E-state index is 13.0. The number of sulfonamides is 1. The Morgan fingerprint density at radius 3 is 2.58 bits per heavy atom. The van der Waals surface area contributed by atoms with Crippen LogP contribution in [0.1, 0.15) is 0 Å². The summed E-state index contributed by atoms with van der Waals surface area (Å²) in [6.07, 6.45) is 1.13. The van der Waals surface area contributed by atoms with E-state index in [2.05, 4.69) is 9.71 Å². The highest BCUT2D eigenvalue weighted by molar-refractivity contribution is 7.92. The van der Waals surface area contributed by atoms with Gasteiger partial charge in [-0.25, -0.2) is 17.8 Å². The van der Waals surface area contributed by atoms with E-state index < -0.39 is 15.8 Å². The molecule has 0 fully saturated rings. The van der Waals surface area contributed by atoms with Crippen LogP contribution in [0, 0.1) is 5.82 Å². The van der Waals surface area contributed by atoms with Crippen LogP contribution >= 0.6 is 11.6 Å². The van der Waals surface area contributed by atoms with Crippen LogP contribution in [0.25, 0.3) is 0 Å². The monoisotopic (exact) mass is 301 g/mol. The first kappa shape index (κ1) is 13.6. The molecule has 3 N–H and O–H groups in total. The predicted molar refractivity (Wildman–Crippen MR) is 70.9 cm³/mol. The van der Waals surface area contributed by atoms with Crippen molar-refractivity contribution in [3.05, 3.63) is 47.4 Å². The van der Waals surface area contributed by atoms with Crippen LogP contribution in [0.5, 0.6) is 0 Å². The molecule has 0 aliphatic rings. The van der Waals surface area contributed by atoms with Crippen LogP contribution in [0.2, 0.25) is 5.02 Å². The molecule has 0 saturated carbocycles. The van der Waals surface area contributed by atoms with Crippen molar-refractivity contribution in [1.29, 1.82) is 0 Å². The second-order valence-corrected chi connectivity index (χ2v) is 5.74. The predicted octanol–water partition coefficient (Wildman–Crippen LogP) is 2.26. The average Bonchev–Trinajstić information content (AvgIpc) is 2.34. The normalized spacial score (nSPS) is 11.3. The molecular weight excluding hydrogens is 293 g/mol. The number of halogens is 2. The van der Waals surface area contributed by atoms with Crippen LogP contribution in [-0.4, -0.2) is 13.4 Å². The van der Waals surface area contributed by atoms with Gasteiger partial charge >= 0.3 is 0 Å². The minimum Gasteiger partial charge on any atom is -0.384 e. The van der Waals surface area contributed by atoms with Crippen molar-refractivity contribution in [2.45, 2.75) is 4.90 Å². The number of pyridine rings is 1. The Morgan fingerprint density at radius 1 is 1.26 bits per heavy atom. The fourth-order valence-corrected chi connectivity index (χ4v) is 2.50. The smallest absolute Gasteiger partial charge is 0.263 e. The molecule has 0 spiro atoms. The molecule has 5 nitrogen and oxygen atoms in total. The summed E-state index contributed by atoms with van der Waals surface area (Å²) < 4.78 is 39.2. The van der Waals surface area contributed by atoms with E-state index >= 15 is 0 Å². The summed E-state index contributed by atoms with van der Waals surface area (Å²) in [5.41, 5.74) is 5.53. The Hall–Kier alpha value is -1.86. The van der Waals surface area contributed by atoms with Gasteiger partial charge in [0.15, 0.2) is 0 Å². The molecule has 0 aliphatic heterocycles. The van der Waals surface area contributed by atoms with Crippen molar-refractivity contribution in [3.8, 4) is 0 Å². The van der Waals surface area contributed by atoms with Gasteiger partial charge in [0.05, 0.1) is 10.7 Å². The number of nitrogen functional groups attached to an aromatic ring is 1. The summed E-state index contributed by atoms with van der Waals surface area (Å²) in [6.45, 7) is 0. The number of nitrogens with two attached hydrogens (primary N) is 1. The molecule has 2 rings (SSSR count). The van der Waals surface area contributed by atoms with Gasteiger partial charge in [0, 0.05) is 6.20 Å². The van der Waals surface area contributed by atoms with E-state index in [4.69, 9.17) is 17.3 Å². The van der Waals surface area contributed by atoms with Crippen molar-refractivity contribution in [2.75, 3.05) is 10.5 Å². The molecule has 8 heteroatoms. The topological polar surface area (TPSA) is 85.1 Å². The summed E-state index contributed by atoms with van der Waals surface area (Å²) in [4.78, 5) is 3.64. The van der Waals surface area contributed by atoms with E-state index in [0.717, 1.165) is 12.3 Å². The van der Waals surface area contributed by atoms with Gasteiger partial charge in [0.25, 0.3) is 10.0 Å². The Bertz CT molecular complexity index is 704. The second-order valence-electron chi connectivity index (χ2n) is 3.65. The Balaban J connectivity index is 2.30. The van der Waals surface area contributed by atoms with Gasteiger partial charge in [0.2, 0.25) is 0 Å². The van der Waals surface area contributed by atoms with Crippen molar-refractivity contribution < 1.29 is 12.8 Å². The Morgan fingerprint density at radius 2 is 2.00 bits per heavy atom. The van der Waals surface area contributed by atoms with Gasteiger partial charge in [0.1, 0.15) is 16.5 Å². The first-order chi connectivity index (χ1) is 8.88. The minimum absolute atomic E-state index is 0.0536. The van der Waals surface area contributed by atoms with Crippen LogP contribution in [0.15, 0.2) is 41.4 Å². The minimum atomic E-state index is -3.81. The number of nitrogens with zero attached hydrogens (tertiary/aromatic N) is 1. The lowest BCUT2D eigenvalue weighted by Gasteiger charge is -2.08. The number of hydrogen-bond acceptors (Lipinski definition) is 4. The van der Waals surface area contributed by atoms with E-state index in [1.807, 2.05) is 0 Å². The molecule has 2 aromatic rings. The lowest BCUT2D eigenvalue weighted by atomic mass is 10.3. The molecule has 0 aliphatic carbocycles. The fourth-order valence-electron chi connectivity index (χ4n) is 1.32. The molecule has 19 heavy (non-hydrogen) atoms. The first-order valence-electron chi connectivity index (χ1n) is 5.08. The number of anilines is 2. The molecule has 100 valence electrons. The van der Waals surface area contributed by atoms with Crippen LogP contribution in [0.4, 0.5) is 15.9 Å². The van der Waals surface area contributed by atoms with Gasteiger partial charge in [-0.15, -0.1) is 0 Å². The van der Waals surface area contributed by atoms with Gasteiger partial charge in [-0.3, -0.25) is 4.72 Å². The molecule has 0 amide bonds. The average molecular weight is 302 g/mol. The molecule has 1 aromatic heterocycles. The maximum absolute atomic E-state index is 13.0. The molecular formula is C11H9ClFN3O2S. The third-order valence-electron chi connectivity index (χ3n) is 2.24. The number of hydrogen-bond donors (Lipinski definition) is 2. The third kappa shape index (κ3) is 3.12. The summed E-state index contributed by atoms with van der Waals surface area (Å²) in [5.74, 6) is -0.414. The molecule has 0 radical (unpaired) electrons. The van der Waals surface area contributed by atoms with E-state index in [1.165, 1.54) is 24.3 Å². The summed E-state index contributed by atoms with van der Waals surface area (Å²) >= 11 is 5.57. The lowest BCUT2D eigenvalue weighted by molar-refractivity contribution is 0.600. The van der Waals surface area contributed by atoms with Gasteiger partial charge in [-0.1, -0.05) is 11.6 Å². The lowest BCUT2D eigenvalue weighted by Crippen LogP contribution is -2.13. The summed E-state index contributed by atoms with van der Waals surface area (Å²) in [6, 6.07) is 6.20. The van der Waals surface area contributed by atoms with Gasteiger partial charge < -0.3 is 5.73 Å². The highest BCUT2D eigenvalue weighted by Gasteiger charge is 2.15. The molecule has 1 aromatic carbocycles. The van der Waals surface area contributed by atoms with Crippen LogP contribution in [-0.2, 0) is 10.0 Å². The molecule has 0 saturated heterocycles. The zero-order chi connectivity index (χ0) is 14.0. The summed E-state index contributed by atoms with van der Waals surface area (Å²) in [7, 11) is -3.81.